The summed E-state index contributed by atoms with van der Waals surface area (Å²) in [5, 5.41) is 16.7. The Labute approximate surface area is 123 Å². The smallest absolute Gasteiger partial charge is 0.406 e. The zero-order chi connectivity index (χ0) is 15.6. The zero-order valence-corrected chi connectivity index (χ0v) is 12.1. The van der Waals surface area contributed by atoms with Crippen molar-refractivity contribution in [2.24, 2.45) is 0 Å². The summed E-state index contributed by atoms with van der Waals surface area (Å²) in [5.74, 6) is -1.05. The summed E-state index contributed by atoms with van der Waals surface area (Å²) in [7, 11) is 0. The first-order chi connectivity index (χ1) is 9.81. The fourth-order valence-electron chi connectivity index (χ4n) is 1.90. The van der Waals surface area contributed by atoms with Gasteiger partial charge in [0.15, 0.2) is 5.16 Å². The highest BCUT2D eigenvalue weighted by atomic mass is 32.2. The topological polar surface area (TPSA) is 71.2 Å². The Balaban J connectivity index is 2.23. The van der Waals surface area contributed by atoms with Crippen molar-refractivity contribution in [3.8, 4) is 0 Å². The summed E-state index contributed by atoms with van der Waals surface area (Å²) in [6, 6.07) is 0.0635. The molecule has 0 atom stereocenters. The van der Waals surface area contributed by atoms with Crippen LogP contribution in [0.15, 0.2) is 5.16 Å². The first-order valence-corrected chi connectivity index (χ1v) is 7.41. The summed E-state index contributed by atoms with van der Waals surface area (Å²) in [6.07, 6.45) is -2.64. The molecule has 1 heterocycles. The molecule has 1 saturated carbocycles. The lowest BCUT2D eigenvalue weighted by atomic mass is 10.5. The third-order valence-corrected chi connectivity index (χ3v) is 3.85. The normalized spacial score (nSPS) is 15.2. The lowest BCUT2D eigenvalue weighted by Gasteiger charge is -2.23. The van der Waals surface area contributed by atoms with E-state index in [0.29, 0.717) is 5.16 Å². The third kappa shape index (κ3) is 4.26. The largest absolute Gasteiger partial charge is 0.481 e. The number of hydrogen-bond acceptors (Lipinski definition) is 5. The molecule has 0 bridgehead atoms. The monoisotopic (exact) mass is 324 g/mol. The lowest BCUT2D eigenvalue weighted by molar-refractivity contribution is -0.134. The highest BCUT2D eigenvalue weighted by Gasteiger charge is 2.36. The van der Waals surface area contributed by atoms with E-state index in [-0.39, 0.29) is 24.3 Å². The van der Waals surface area contributed by atoms with Gasteiger partial charge >= 0.3 is 12.1 Å². The summed E-state index contributed by atoms with van der Waals surface area (Å²) in [4.78, 5) is 11.7. The first-order valence-electron chi connectivity index (χ1n) is 6.43. The Bertz CT molecular complexity index is 516. The van der Waals surface area contributed by atoms with Gasteiger partial charge in [-0.25, -0.2) is 0 Å². The van der Waals surface area contributed by atoms with Crippen LogP contribution in [0.4, 0.5) is 19.1 Å². The molecular weight excluding hydrogens is 309 g/mol. The summed E-state index contributed by atoms with van der Waals surface area (Å²) < 4.78 is 39.4. The van der Waals surface area contributed by atoms with Gasteiger partial charge < -0.3 is 10.0 Å². The molecule has 0 saturated heterocycles. The van der Waals surface area contributed by atoms with Crippen LogP contribution in [0.3, 0.4) is 0 Å². The number of carboxylic acid groups (broad SMARTS) is 1. The van der Waals surface area contributed by atoms with E-state index >= 15 is 0 Å². The minimum Gasteiger partial charge on any atom is -0.481 e. The first kappa shape index (κ1) is 15.9. The quantitative estimate of drug-likeness (QED) is 0.775. The van der Waals surface area contributed by atoms with Gasteiger partial charge in [0.2, 0.25) is 5.95 Å². The SMILES string of the molecule is CCN(CC(F)(F)F)c1nnc(SCC(=O)O)n1C1CC1. The number of aliphatic carboxylic acids is 1. The number of anilines is 1. The Kier molecular flexibility index (Phi) is 4.64. The third-order valence-electron chi connectivity index (χ3n) is 2.92. The standard InChI is InChI=1S/C11H15F3N4O2S/c1-2-17(6-11(12,13)14)9-15-16-10(21-5-8(19)20)18(9)7-3-4-7/h7H,2-6H2,1H3,(H,19,20). The number of rotatable bonds is 7. The Morgan fingerprint density at radius 1 is 1.48 bits per heavy atom. The number of nitrogens with zero attached hydrogens (tertiary/aromatic N) is 4. The highest BCUT2D eigenvalue weighted by Crippen LogP contribution is 2.41. The number of thioether (sulfide) groups is 1. The fourth-order valence-corrected chi connectivity index (χ4v) is 2.62. The summed E-state index contributed by atoms with van der Waals surface area (Å²) >= 11 is 0.972. The van der Waals surface area contributed by atoms with Crippen LogP contribution in [0, 0.1) is 0 Å². The highest BCUT2D eigenvalue weighted by molar-refractivity contribution is 7.99. The minimum atomic E-state index is -4.33. The van der Waals surface area contributed by atoms with E-state index in [2.05, 4.69) is 10.2 Å². The summed E-state index contributed by atoms with van der Waals surface area (Å²) in [6.45, 7) is 0.660. The molecule has 0 unspecified atom stereocenters. The average molecular weight is 324 g/mol. The van der Waals surface area contributed by atoms with Crippen molar-refractivity contribution in [3.05, 3.63) is 0 Å². The molecule has 10 heteroatoms. The van der Waals surface area contributed by atoms with Crippen molar-refractivity contribution in [3.63, 3.8) is 0 Å². The van der Waals surface area contributed by atoms with E-state index in [4.69, 9.17) is 5.11 Å². The van der Waals surface area contributed by atoms with Gasteiger partial charge in [0.1, 0.15) is 6.54 Å². The molecule has 1 N–H and O–H groups in total. The van der Waals surface area contributed by atoms with Crippen LogP contribution in [0.5, 0.6) is 0 Å². The maximum Gasteiger partial charge on any atom is 0.406 e. The van der Waals surface area contributed by atoms with E-state index in [9.17, 15) is 18.0 Å². The van der Waals surface area contributed by atoms with Crippen LogP contribution in [0.25, 0.3) is 0 Å². The zero-order valence-electron chi connectivity index (χ0n) is 11.3. The van der Waals surface area contributed by atoms with Gasteiger partial charge in [-0.15, -0.1) is 10.2 Å². The molecule has 1 aliphatic carbocycles. The molecule has 0 aliphatic heterocycles. The van der Waals surface area contributed by atoms with Gasteiger partial charge in [-0.05, 0) is 19.8 Å². The van der Waals surface area contributed by atoms with Crippen molar-refractivity contribution in [2.45, 2.75) is 37.1 Å². The van der Waals surface area contributed by atoms with Gasteiger partial charge in [0.05, 0.1) is 5.75 Å². The Morgan fingerprint density at radius 3 is 2.62 bits per heavy atom. The van der Waals surface area contributed by atoms with Gasteiger partial charge in [-0.1, -0.05) is 11.8 Å². The van der Waals surface area contributed by atoms with E-state index < -0.39 is 18.7 Å². The number of carboxylic acids is 1. The predicted molar refractivity (Wildman–Crippen MR) is 70.6 cm³/mol. The molecule has 21 heavy (non-hydrogen) atoms. The second-order valence-corrected chi connectivity index (χ2v) is 5.64. The molecule has 6 nitrogen and oxygen atoms in total. The van der Waals surface area contributed by atoms with Crippen LogP contribution < -0.4 is 4.90 Å². The van der Waals surface area contributed by atoms with Crippen LogP contribution in [-0.4, -0.2) is 50.9 Å². The number of halogens is 3. The minimum absolute atomic E-state index is 0.0635. The van der Waals surface area contributed by atoms with Gasteiger partial charge in [-0.2, -0.15) is 13.2 Å². The van der Waals surface area contributed by atoms with Crippen LogP contribution >= 0.6 is 11.8 Å². The average Bonchev–Trinajstić information content (AvgIpc) is 3.12. The van der Waals surface area contributed by atoms with Crippen LogP contribution in [0.2, 0.25) is 0 Å². The molecular formula is C11H15F3N4O2S. The van der Waals surface area contributed by atoms with Crippen LogP contribution in [0.1, 0.15) is 25.8 Å². The van der Waals surface area contributed by atoms with E-state index in [0.717, 1.165) is 29.5 Å². The number of aromatic nitrogens is 3. The molecule has 0 amide bonds. The van der Waals surface area contributed by atoms with E-state index in [1.165, 1.54) is 0 Å². The number of hydrogen-bond donors (Lipinski definition) is 1. The molecule has 1 aliphatic rings. The Morgan fingerprint density at radius 2 is 2.14 bits per heavy atom. The Hall–Kier alpha value is -1.45. The molecule has 2 rings (SSSR count). The second-order valence-electron chi connectivity index (χ2n) is 4.70. The van der Waals surface area contributed by atoms with Crippen molar-refractivity contribution in [1.29, 1.82) is 0 Å². The fraction of sp³-hybridized carbons (Fsp3) is 0.727. The van der Waals surface area contributed by atoms with Gasteiger partial charge in [0.25, 0.3) is 0 Å². The van der Waals surface area contributed by atoms with Gasteiger partial charge in [0, 0.05) is 12.6 Å². The van der Waals surface area contributed by atoms with Crippen molar-refractivity contribution < 1.29 is 23.1 Å². The molecule has 0 spiro atoms. The van der Waals surface area contributed by atoms with Crippen molar-refractivity contribution in [2.75, 3.05) is 23.7 Å². The van der Waals surface area contributed by atoms with E-state index in [1.807, 2.05) is 0 Å². The number of carbonyl (C=O) groups is 1. The summed E-state index contributed by atoms with van der Waals surface area (Å²) in [5.41, 5.74) is 0. The van der Waals surface area contributed by atoms with Crippen molar-refractivity contribution >= 4 is 23.7 Å². The predicted octanol–water partition coefficient (Wildman–Crippen LogP) is 2.18. The molecule has 118 valence electrons. The maximum atomic E-state index is 12.6. The molecule has 1 aromatic rings. The maximum absolute atomic E-state index is 12.6. The molecule has 0 radical (unpaired) electrons. The van der Waals surface area contributed by atoms with E-state index in [1.54, 1.807) is 11.5 Å². The molecule has 1 aromatic heterocycles. The number of alkyl halides is 3. The molecule has 1 fully saturated rings. The van der Waals surface area contributed by atoms with Gasteiger partial charge in [-0.3, -0.25) is 9.36 Å². The molecule has 0 aromatic carbocycles. The van der Waals surface area contributed by atoms with Crippen molar-refractivity contribution in [1.82, 2.24) is 14.8 Å². The second kappa shape index (κ2) is 6.12. The van der Waals surface area contributed by atoms with Crippen LogP contribution in [-0.2, 0) is 4.79 Å². The lowest BCUT2D eigenvalue weighted by Crippen LogP contribution is -2.36.